The Morgan fingerprint density at radius 3 is 2.93 bits per heavy atom. The van der Waals surface area contributed by atoms with Crippen molar-refractivity contribution in [3.8, 4) is 5.75 Å². The first-order chi connectivity index (χ1) is 6.61. The minimum atomic E-state index is -0.0380. The van der Waals surface area contributed by atoms with Gasteiger partial charge in [-0.1, -0.05) is 12.1 Å². The molecule has 0 radical (unpaired) electrons. The fourth-order valence-corrected chi connectivity index (χ4v) is 1.95. The SMILES string of the molecule is CC1(C)Cc2ccc(CCN)cc2O1. The minimum Gasteiger partial charge on any atom is -0.487 e. The average Bonchev–Trinajstić information content (AvgIpc) is 2.38. The smallest absolute Gasteiger partial charge is 0.123 e. The summed E-state index contributed by atoms with van der Waals surface area (Å²) in [6.07, 6.45) is 1.93. The first-order valence-electron chi connectivity index (χ1n) is 5.12. The number of hydrogen-bond donors (Lipinski definition) is 1. The van der Waals surface area contributed by atoms with Crippen molar-refractivity contribution < 1.29 is 4.74 Å². The lowest BCUT2D eigenvalue weighted by molar-refractivity contribution is 0.138. The molecule has 2 nitrogen and oxygen atoms in total. The highest BCUT2D eigenvalue weighted by Crippen LogP contribution is 2.35. The van der Waals surface area contributed by atoms with E-state index in [4.69, 9.17) is 10.5 Å². The third kappa shape index (κ3) is 1.75. The molecule has 14 heavy (non-hydrogen) atoms. The van der Waals surface area contributed by atoms with Crippen LogP contribution in [-0.2, 0) is 12.8 Å². The van der Waals surface area contributed by atoms with Crippen molar-refractivity contribution in [1.29, 1.82) is 0 Å². The molecule has 0 unspecified atom stereocenters. The van der Waals surface area contributed by atoms with E-state index in [1.807, 2.05) is 0 Å². The van der Waals surface area contributed by atoms with Crippen molar-refractivity contribution in [3.05, 3.63) is 29.3 Å². The van der Waals surface area contributed by atoms with Gasteiger partial charge in [-0.3, -0.25) is 0 Å². The zero-order valence-corrected chi connectivity index (χ0v) is 8.84. The molecule has 0 amide bonds. The van der Waals surface area contributed by atoms with Crippen molar-refractivity contribution in [2.75, 3.05) is 6.54 Å². The molecule has 1 aliphatic rings. The van der Waals surface area contributed by atoms with E-state index in [9.17, 15) is 0 Å². The van der Waals surface area contributed by atoms with Gasteiger partial charge in [0, 0.05) is 6.42 Å². The summed E-state index contributed by atoms with van der Waals surface area (Å²) in [6, 6.07) is 6.43. The number of hydrogen-bond acceptors (Lipinski definition) is 2. The summed E-state index contributed by atoms with van der Waals surface area (Å²) in [5.74, 6) is 1.04. The molecule has 1 aromatic carbocycles. The van der Waals surface area contributed by atoms with E-state index in [0.29, 0.717) is 6.54 Å². The summed E-state index contributed by atoms with van der Waals surface area (Å²) in [4.78, 5) is 0. The predicted molar refractivity (Wildman–Crippen MR) is 57.6 cm³/mol. The third-order valence-electron chi connectivity index (χ3n) is 2.57. The quantitative estimate of drug-likeness (QED) is 0.775. The summed E-state index contributed by atoms with van der Waals surface area (Å²) in [7, 11) is 0. The van der Waals surface area contributed by atoms with Crippen LogP contribution in [0.3, 0.4) is 0 Å². The van der Waals surface area contributed by atoms with E-state index in [0.717, 1.165) is 18.6 Å². The molecule has 0 saturated carbocycles. The van der Waals surface area contributed by atoms with Crippen LogP contribution in [0.4, 0.5) is 0 Å². The van der Waals surface area contributed by atoms with Gasteiger partial charge in [0.15, 0.2) is 0 Å². The van der Waals surface area contributed by atoms with E-state index < -0.39 is 0 Å². The maximum absolute atomic E-state index is 5.84. The van der Waals surface area contributed by atoms with Crippen LogP contribution in [-0.4, -0.2) is 12.1 Å². The van der Waals surface area contributed by atoms with Gasteiger partial charge in [-0.25, -0.2) is 0 Å². The molecule has 0 aliphatic carbocycles. The van der Waals surface area contributed by atoms with Crippen molar-refractivity contribution >= 4 is 0 Å². The van der Waals surface area contributed by atoms with Crippen LogP contribution in [0.15, 0.2) is 18.2 Å². The maximum Gasteiger partial charge on any atom is 0.123 e. The van der Waals surface area contributed by atoms with Crippen molar-refractivity contribution in [2.24, 2.45) is 5.73 Å². The Hall–Kier alpha value is -1.02. The van der Waals surface area contributed by atoms with E-state index in [1.54, 1.807) is 0 Å². The van der Waals surface area contributed by atoms with Crippen LogP contribution in [0, 0.1) is 0 Å². The molecular weight excluding hydrogens is 174 g/mol. The van der Waals surface area contributed by atoms with Crippen LogP contribution in [0.1, 0.15) is 25.0 Å². The molecule has 1 aromatic rings. The summed E-state index contributed by atoms with van der Waals surface area (Å²) in [5.41, 5.74) is 8.06. The molecule has 0 spiro atoms. The van der Waals surface area contributed by atoms with E-state index >= 15 is 0 Å². The van der Waals surface area contributed by atoms with Gasteiger partial charge in [-0.15, -0.1) is 0 Å². The first-order valence-corrected chi connectivity index (χ1v) is 5.12. The highest BCUT2D eigenvalue weighted by Gasteiger charge is 2.29. The van der Waals surface area contributed by atoms with Gasteiger partial charge in [0.1, 0.15) is 11.4 Å². The highest BCUT2D eigenvalue weighted by molar-refractivity contribution is 5.42. The second kappa shape index (κ2) is 3.28. The lowest BCUT2D eigenvalue weighted by Gasteiger charge is -2.16. The third-order valence-corrected chi connectivity index (χ3v) is 2.57. The van der Waals surface area contributed by atoms with Crippen LogP contribution in [0.5, 0.6) is 5.75 Å². The molecule has 2 rings (SSSR count). The van der Waals surface area contributed by atoms with Crippen LogP contribution >= 0.6 is 0 Å². The molecule has 0 saturated heterocycles. The second-order valence-electron chi connectivity index (χ2n) is 4.52. The Balaban J connectivity index is 2.26. The molecule has 0 fully saturated rings. The number of rotatable bonds is 2. The number of benzene rings is 1. The maximum atomic E-state index is 5.84. The predicted octanol–water partition coefficient (Wildman–Crippen LogP) is 1.90. The van der Waals surface area contributed by atoms with Gasteiger partial charge >= 0.3 is 0 Å². The number of nitrogens with two attached hydrogens (primary N) is 1. The molecule has 2 heteroatoms. The molecule has 2 N–H and O–H groups in total. The van der Waals surface area contributed by atoms with Crippen LogP contribution in [0.2, 0.25) is 0 Å². The Bertz CT molecular complexity index is 344. The summed E-state index contributed by atoms with van der Waals surface area (Å²) in [5, 5.41) is 0. The molecular formula is C12H17NO. The molecule has 1 heterocycles. The Morgan fingerprint density at radius 2 is 2.21 bits per heavy atom. The van der Waals surface area contributed by atoms with Gasteiger partial charge in [0.25, 0.3) is 0 Å². The normalized spacial score (nSPS) is 17.6. The van der Waals surface area contributed by atoms with E-state index in [-0.39, 0.29) is 5.60 Å². The zero-order chi connectivity index (χ0) is 10.2. The van der Waals surface area contributed by atoms with Gasteiger partial charge < -0.3 is 10.5 Å². The van der Waals surface area contributed by atoms with Crippen LogP contribution < -0.4 is 10.5 Å². The Labute approximate surface area is 85.1 Å². The molecule has 0 atom stereocenters. The largest absolute Gasteiger partial charge is 0.487 e. The molecule has 1 aliphatic heterocycles. The summed E-state index contributed by atoms with van der Waals surface area (Å²) in [6.45, 7) is 4.94. The fourth-order valence-electron chi connectivity index (χ4n) is 1.95. The first kappa shape index (κ1) is 9.53. The van der Waals surface area contributed by atoms with Crippen molar-refractivity contribution in [1.82, 2.24) is 0 Å². The van der Waals surface area contributed by atoms with E-state index in [2.05, 4.69) is 32.0 Å². The second-order valence-corrected chi connectivity index (χ2v) is 4.52. The van der Waals surface area contributed by atoms with E-state index in [1.165, 1.54) is 11.1 Å². The fraction of sp³-hybridized carbons (Fsp3) is 0.500. The average molecular weight is 191 g/mol. The topological polar surface area (TPSA) is 35.2 Å². The number of ether oxygens (including phenoxy) is 1. The molecule has 0 bridgehead atoms. The summed E-state index contributed by atoms with van der Waals surface area (Å²) < 4.78 is 5.84. The van der Waals surface area contributed by atoms with Gasteiger partial charge in [0.2, 0.25) is 0 Å². The van der Waals surface area contributed by atoms with Crippen LogP contribution in [0.25, 0.3) is 0 Å². The van der Waals surface area contributed by atoms with Crippen molar-refractivity contribution in [2.45, 2.75) is 32.3 Å². The molecule has 0 aromatic heterocycles. The monoisotopic (exact) mass is 191 g/mol. The van der Waals surface area contributed by atoms with Crippen molar-refractivity contribution in [3.63, 3.8) is 0 Å². The Morgan fingerprint density at radius 1 is 1.43 bits per heavy atom. The lowest BCUT2D eigenvalue weighted by Crippen LogP contribution is -2.24. The lowest BCUT2D eigenvalue weighted by atomic mass is 10.0. The standard InChI is InChI=1S/C12H17NO/c1-12(2)8-10-4-3-9(5-6-13)7-11(10)14-12/h3-4,7H,5-6,8,13H2,1-2H3. The minimum absolute atomic E-state index is 0.0380. The Kier molecular flexibility index (Phi) is 2.23. The summed E-state index contributed by atoms with van der Waals surface area (Å²) >= 11 is 0. The van der Waals surface area contributed by atoms with Gasteiger partial charge in [-0.2, -0.15) is 0 Å². The number of fused-ring (bicyclic) bond motifs is 1. The molecule has 76 valence electrons. The van der Waals surface area contributed by atoms with Gasteiger partial charge in [-0.05, 0) is 44.0 Å². The highest BCUT2D eigenvalue weighted by atomic mass is 16.5. The van der Waals surface area contributed by atoms with Gasteiger partial charge in [0.05, 0.1) is 0 Å². The zero-order valence-electron chi connectivity index (χ0n) is 8.84.